The molecule has 1 atom stereocenters. The number of esters is 1. The van der Waals surface area contributed by atoms with Crippen molar-refractivity contribution in [2.75, 3.05) is 11.9 Å². The van der Waals surface area contributed by atoms with Gasteiger partial charge in [0, 0.05) is 5.69 Å². The smallest absolute Gasteiger partial charge is 0.329 e. The number of aryl methyl sites for hydroxylation is 1. The van der Waals surface area contributed by atoms with E-state index in [0.717, 1.165) is 11.1 Å². The molecule has 0 bridgehead atoms. The van der Waals surface area contributed by atoms with Crippen LogP contribution in [-0.4, -0.2) is 30.4 Å². The lowest BCUT2D eigenvalue weighted by Crippen LogP contribution is -2.45. The lowest BCUT2D eigenvalue weighted by molar-refractivity contribution is -0.150. The topological polar surface area (TPSA) is 84.5 Å². The highest BCUT2D eigenvalue weighted by Crippen LogP contribution is 2.18. The van der Waals surface area contributed by atoms with Crippen LogP contribution in [0.1, 0.15) is 34.6 Å². The molecular formula is C20H24N2O4S. The van der Waals surface area contributed by atoms with Crippen LogP contribution in [0.15, 0.2) is 35.7 Å². The molecule has 6 nitrogen and oxygen atoms in total. The molecule has 7 heteroatoms. The summed E-state index contributed by atoms with van der Waals surface area (Å²) in [6.07, 6.45) is 0. The van der Waals surface area contributed by atoms with Gasteiger partial charge in [-0.25, -0.2) is 4.79 Å². The van der Waals surface area contributed by atoms with Crippen LogP contribution in [0.2, 0.25) is 0 Å². The van der Waals surface area contributed by atoms with Crippen molar-refractivity contribution < 1.29 is 19.1 Å². The monoisotopic (exact) mass is 388 g/mol. The molecule has 0 aliphatic carbocycles. The normalized spacial score (nSPS) is 11.7. The molecular weight excluding hydrogens is 364 g/mol. The molecule has 1 aromatic heterocycles. The predicted molar refractivity (Wildman–Crippen MR) is 106 cm³/mol. The highest BCUT2D eigenvalue weighted by molar-refractivity contribution is 7.12. The van der Waals surface area contributed by atoms with E-state index in [1.165, 1.54) is 11.3 Å². The van der Waals surface area contributed by atoms with E-state index in [2.05, 4.69) is 10.6 Å². The largest absolute Gasteiger partial charge is 0.454 e. The molecule has 1 aromatic carbocycles. The number of carbonyl (C=O) groups is 3. The van der Waals surface area contributed by atoms with E-state index in [1.807, 2.05) is 26.0 Å². The second kappa shape index (κ2) is 9.32. The highest BCUT2D eigenvalue weighted by Gasteiger charge is 2.27. The van der Waals surface area contributed by atoms with Crippen LogP contribution in [0.4, 0.5) is 5.69 Å². The Morgan fingerprint density at radius 1 is 1.11 bits per heavy atom. The quantitative estimate of drug-likeness (QED) is 0.713. The Labute approximate surface area is 162 Å². The number of carbonyl (C=O) groups excluding carboxylic acids is 3. The van der Waals surface area contributed by atoms with Crippen molar-refractivity contribution in [1.82, 2.24) is 5.32 Å². The molecule has 2 amide bonds. The first-order valence-electron chi connectivity index (χ1n) is 8.66. The fraction of sp³-hybridized carbons (Fsp3) is 0.350. The second-order valence-electron chi connectivity index (χ2n) is 6.58. The maximum absolute atomic E-state index is 12.4. The molecule has 2 rings (SSSR count). The summed E-state index contributed by atoms with van der Waals surface area (Å²) in [6.45, 7) is 7.05. The summed E-state index contributed by atoms with van der Waals surface area (Å²) >= 11 is 1.29. The van der Waals surface area contributed by atoms with Crippen molar-refractivity contribution >= 4 is 34.8 Å². The van der Waals surface area contributed by atoms with E-state index in [1.54, 1.807) is 37.4 Å². The summed E-state index contributed by atoms with van der Waals surface area (Å²) in [7, 11) is 0. The van der Waals surface area contributed by atoms with Gasteiger partial charge in [0.05, 0.1) is 4.88 Å². The number of hydrogen-bond donors (Lipinski definition) is 2. The van der Waals surface area contributed by atoms with Gasteiger partial charge >= 0.3 is 5.97 Å². The second-order valence-corrected chi connectivity index (χ2v) is 7.52. The third kappa shape index (κ3) is 5.65. The number of anilines is 1. The van der Waals surface area contributed by atoms with Gasteiger partial charge in [0.2, 0.25) is 0 Å². The van der Waals surface area contributed by atoms with Crippen molar-refractivity contribution in [3.8, 4) is 0 Å². The maximum Gasteiger partial charge on any atom is 0.329 e. The van der Waals surface area contributed by atoms with Gasteiger partial charge in [-0.1, -0.05) is 32.0 Å². The summed E-state index contributed by atoms with van der Waals surface area (Å²) in [6, 6.07) is 8.21. The minimum absolute atomic E-state index is 0.177. The number of rotatable bonds is 7. The fourth-order valence-electron chi connectivity index (χ4n) is 2.42. The Hall–Kier alpha value is -2.67. The average Bonchev–Trinajstić information content (AvgIpc) is 3.16. The fourth-order valence-corrected chi connectivity index (χ4v) is 3.04. The van der Waals surface area contributed by atoms with Crippen molar-refractivity contribution in [2.24, 2.45) is 5.92 Å². The van der Waals surface area contributed by atoms with Gasteiger partial charge in [-0.2, -0.15) is 0 Å². The summed E-state index contributed by atoms with van der Waals surface area (Å²) < 4.78 is 5.13. The molecule has 144 valence electrons. The van der Waals surface area contributed by atoms with Crippen LogP contribution in [0, 0.1) is 19.8 Å². The third-order valence-electron chi connectivity index (χ3n) is 4.18. The zero-order valence-corrected chi connectivity index (χ0v) is 16.7. The highest BCUT2D eigenvalue weighted by atomic mass is 32.1. The molecule has 27 heavy (non-hydrogen) atoms. The number of thiophene rings is 1. The standard InChI is InChI=1S/C20H24N2O4S/c1-12(2)18(22-19(24)16-9-6-10-27-16)20(25)26-11-17(23)21-15-8-5-7-13(3)14(15)4/h5-10,12,18H,11H2,1-4H3,(H,21,23)(H,22,24)/t18-/m1/s1. The van der Waals surface area contributed by atoms with Crippen LogP contribution in [0.5, 0.6) is 0 Å². The first kappa shape index (κ1) is 20.6. The number of hydrogen-bond acceptors (Lipinski definition) is 5. The first-order chi connectivity index (χ1) is 12.8. The van der Waals surface area contributed by atoms with Crippen LogP contribution in [-0.2, 0) is 14.3 Å². The molecule has 0 saturated heterocycles. The molecule has 2 aromatic rings. The van der Waals surface area contributed by atoms with Crippen molar-refractivity contribution in [2.45, 2.75) is 33.7 Å². The van der Waals surface area contributed by atoms with Gasteiger partial charge in [0.1, 0.15) is 6.04 Å². The van der Waals surface area contributed by atoms with Crippen molar-refractivity contribution in [1.29, 1.82) is 0 Å². The number of ether oxygens (including phenoxy) is 1. The van der Waals surface area contributed by atoms with Gasteiger partial charge in [-0.15, -0.1) is 11.3 Å². The molecule has 0 fully saturated rings. The molecule has 0 saturated carbocycles. The van der Waals surface area contributed by atoms with Gasteiger partial charge in [-0.05, 0) is 48.4 Å². The van der Waals surface area contributed by atoms with E-state index in [4.69, 9.17) is 4.74 Å². The SMILES string of the molecule is Cc1cccc(NC(=O)COC(=O)[C@H](NC(=O)c2cccs2)C(C)C)c1C. The van der Waals surface area contributed by atoms with E-state index in [-0.39, 0.29) is 11.8 Å². The zero-order valence-electron chi connectivity index (χ0n) is 15.9. The molecule has 0 radical (unpaired) electrons. The molecule has 2 N–H and O–H groups in total. The van der Waals surface area contributed by atoms with Crippen LogP contribution >= 0.6 is 11.3 Å². The Morgan fingerprint density at radius 3 is 2.48 bits per heavy atom. The van der Waals surface area contributed by atoms with Gasteiger partial charge in [-0.3, -0.25) is 9.59 Å². The van der Waals surface area contributed by atoms with Crippen molar-refractivity contribution in [3.63, 3.8) is 0 Å². The minimum atomic E-state index is -0.826. The Bertz CT molecular complexity index is 815. The maximum atomic E-state index is 12.4. The van der Waals surface area contributed by atoms with Gasteiger partial charge in [0.25, 0.3) is 11.8 Å². The third-order valence-corrected chi connectivity index (χ3v) is 5.05. The van der Waals surface area contributed by atoms with E-state index >= 15 is 0 Å². The minimum Gasteiger partial charge on any atom is -0.454 e. The number of benzene rings is 1. The number of amides is 2. The average molecular weight is 388 g/mol. The summed E-state index contributed by atoms with van der Waals surface area (Å²) in [5.74, 6) is -1.57. The van der Waals surface area contributed by atoms with Crippen LogP contribution in [0.25, 0.3) is 0 Å². The molecule has 1 heterocycles. The van der Waals surface area contributed by atoms with Crippen molar-refractivity contribution in [3.05, 3.63) is 51.7 Å². The molecule has 0 spiro atoms. The summed E-state index contributed by atoms with van der Waals surface area (Å²) in [5, 5.41) is 7.20. The van der Waals surface area contributed by atoms with Crippen LogP contribution in [0.3, 0.4) is 0 Å². The molecule has 0 unspecified atom stereocenters. The lowest BCUT2D eigenvalue weighted by Gasteiger charge is -2.20. The molecule has 0 aliphatic rings. The van der Waals surface area contributed by atoms with E-state index < -0.39 is 24.5 Å². The Morgan fingerprint density at radius 2 is 1.85 bits per heavy atom. The Kier molecular flexibility index (Phi) is 7.12. The number of nitrogens with one attached hydrogen (secondary N) is 2. The summed E-state index contributed by atoms with van der Waals surface area (Å²) in [5.41, 5.74) is 2.70. The summed E-state index contributed by atoms with van der Waals surface area (Å²) in [4.78, 5) is 37.2. The first-order valence-corrected chi connectivity index (χ1v) is 9.54. The van der Waals surface area contributed by atoms with Gasteiger partial charge in [0.15, 0.2) is 6.61 Å². The predicted octanol–water partition coefficient (Wildman–Crippen LogP) is 3.30. The Balaban J connectivity index is 1.92. The van der Waals surface area contributed by atoms with Crippen LogP contribution < -0.4 is 10.6 Å². The van der Waals surface area contributed by atoms with E-state index in [9.17, 15) is 14.4 Å². The molecule has 0 aliphatic heterocycles. The van der Waals surface area contributed by atoms with Gasteiger partial charge < -0.3 is 15.4 Å². The van der Waals surface area contributed by atoms with E-state index in [0.29, 0.717) is 10.6 Å². The lowest BCUT2D eigenvalue weighted by atomic mass is 10.0. The zero-order chi connectivity index (χ0) is 20.0.